The maximum atomic E-state index is 12.9. The van der Waals surface area contributed by atoms with Gasteiger partial charge in [0.05, 0.1) is 29.1 Å². The van der Waals surface area contributed by atoms with Gasteiger partial charge in [0.15, 0.2) is 11.5 Å². The molecule has 0 radical (unpaired) electrons. The monoisotopic (exact) mass is 414 g/mol. The lowest BCUT2D eigenvalue weighted by atomic mass is 10.1. The predicted octanol–water partition coefficient (Wildman–Crippen LogP) is 4.82. The van der Waals surface area contributed by atoms with Crippen LogP contribution < -0.4 is 14.5 Å². The highest BCUT2D eigenvalue weighted by Crippen LogP contribution is 2.34. The Kier molecular flexibility index (Phi) is 5.93. The van der Waals surface area contributed by atoms with Crippen LogP contribution in [-0.2, 0) is 4.79 Å². The average molecular weight is 415 g/mol. The molecule has 1 aliphatic rings. The van der Waals surface area contributed by atoms with E-state index in [0.29, 0.717) is 38.5 Å². The van der Waals surface area contributed by atoms with Crippen LogP contribution in [0, 0.1) is 12.3 Å². The van der Waals surface area contributed by atoms with E-state index in [1.54, 1.807) is 49.4 Å². The van der Waals surface area contributed by atoms with Crippen molar-refractivity contribution in [2.24, 2.45) is 5.10 Å². The molecule has 0 unspecified atom stereocenters. The first-order valence-corrected chi connectivity index (χ1v) is 9.01. The summed E-state index contributed by atoms with van der Waals surface area (Å²) in [5.41, 5.74) is 2.24. The van der Waals surface area contributed by atoms with Gasteiger partial charge in [-0.15, -0.1) is 6.42 Å². The minimum absolute atomic E-state index is 0.137. The van der Waals surface area contributed by atoms with Crippen LogP contribution in [0.1, 0.15) is 12.5 Å². The van der Waals surface area contributed by atoms with Gasteiger partial charge in [0, 0.05) is 5.02 Å². The highest BCUT2D eigenvalue weighted by Gasteiger charge is 2.30. The number of anilines is 1. The third-order valence-corrected chi connectivity index (χ3v) is 4.55. The Morgan fingerprint density at radius 3 is 2.68 bits per heavy atom. The Hall–Kier alpha value is -2.94. The molecular weight excluding hydrogens is 399 g/mol. The first-order chi connectivity index (χ1) is 13.4. The number of hydrogen-bond donors (Lipinski definition) is 0. The minimum atomic E-state index is -0.284. The topological polar surface area (TPSA) is 51.1 Å². The third kappa shape index (κ3) is 3.99. The van der Waals surface area contributed by atoms with E-state index in [4.69, 9.17) is 39.1 Å². The zero-order valence-corrected chi connectivity index (χ0v) is 16.7. The number of carbonyl (C=O) groups is 1. The summed E-state index contributed by atoms with van der Waals surface area (Å²) in [6, 6.07) is 10.2. The van der Waals surface area contributed by atoms with Crippen LogP contribution in [0.2, 0.25) is 10.0 Å². The molecule has 0 saturated carbocycles. The van der Waals surface area contributed by atoms with E-state index in [-0.39, 0.29) is 12.5 Å². The van der Waals surface area contributed by atoms with Crippen molar-refractivity contribution in [3.8, 4) is 23.8 Å². The fraction of sp³-hybridized carbons (Fsp3) is 0.143. The highest BCUT2D eigenvalue weighted by atomic mass is 35.5. The Bertz CT molecular complexity index is 1040. The van der Waals surface area contributed by atoms with Gasteiger partial charge in [-0.05, 0) is 48.9 Å². The number of ether oxygens (including phenoxy) is 2. The molecule has 5 nitrogen and oxygen atoms in total. The molecule has 0 aliphatic carbocycles. The van der Waals surface area contributed by atoms with Crippen LogP contribution in [0.5, 0.6) is 11.5 Å². The molecule has 1 aliphatic heterocycles. The van der Waals surface area contributed by atoms with Gasteiger partial charge in [-0.1, -0.05) is 35.2 Å². The first-order valence-electron chi connectivity index (χ1n) is 8.25. The molecule has 0 saturated heterocycles. The molecule has 7 heteroatoms. The Labute approximate surface area is 173 Å². The summed E-state index contributed by atoms with van der Waals surface area (Å²) in [6.07, 6.45) is 6.95. The van der Waals surface area contributed by atoms with Crippen LogP contribution >= 0.6 is 23.2 Å². The maximum absolute atomic E-state index is 12.9. The predicted molar refractivity (Wildman–Crippen MR) is 112 cm³/mol. The van der Waals surface area contributed by atoms with E-state index in [1.165, 1.54) is 12.1 Å². The second-order valence-corrected chi connectivity index (χ2v) is 6.70. The molecule has 2 aromatic carbocycles. The van der Waals surface area contributed by atoms with Crippen LogP contribution in [0.4, 0.5) is 5.69 Å². The molecule has 1 heterocycles. The molecule has 0 bridgehead atoms. The lowest BCUT2D eigenvalue weighted by molar-refractivity contribution is -0.114. The minimum Gasteiger partial charge on any atom is -0.493 e. The summed E-state index contributed by atoms with van der Waals surface area (Å²) < 4.78 is 10.8. The molecule has 0 fully saturated rings. The summed E-state index contributed by atoms with van der Waals surface area (Å²) in [7, 11) is 1.53. The van der Waals surface area contributed by atoms with E-state index in [9.17, 15) is 4.79 Å². The molecule has 1 amide bonds. The number of rotatable bonds is 5. The molecule has 142 valence electrons. The second-order valence-electron chi connectivity index (χ2n) is 5.86. The van der Waals surface area contributed by atoms with E-state index < -0.39 is 0 Å². The molecule has 0 atom stereocenters. The largest absolute Gasteiger partial charge is 0.493 e. The van der Waals surface area contributed by atoms with Crippen molar-refractivity contribution in [1.82, 2.24) is 0 Å². The molecular formula is C21H16Cl2N2O3. The van der Waals surface area contributed by atoms with Crippen molar-refractivity contribution < 1.29 is 14.3 Å². The summed E-state index contributed by atoms with van der Waals surface area (Å²) in [6.45, 7) is 1.90. The first kappa shape index (κ1) is 19.8. The van der Waals surface area contributed by atoms with Crippen molar-refractivity contribution in [1.29, 1.82) is 0 Å². The number of benzene rings is 2. The number of hydrogen-bond acceptors (Lipinski definition) is 4. The van der Waals surface area contributed by atoms with Gasteiger partial charge < -0.3 is 9.47 Å². The number of amides is 1. The van der Waals surface area contributed by atoms with E-state index in [1.807, 2.05) is 0 Å². The Balaban J connectivity index is 1.92. The lowest BCUT2D eigenvalue weighted by Gasteiger charge is -2.13. The lowest BCUT2D eigenvalue weighted by Crippen LogP contribution is -2.21. The Morgan fingerprint density at radius 1 is 1.21 bits per heavy atom. The molecule has 0 aromatic heterocycles. The van der Waals surface area contributed by atoms with Gasteiger partial charge in [-0.2, -0.15) is 10.1 Å². The molecule has 28 heavy (non-hydrogen) atoms. The molecule has 0 spiro atoms. The van der Waals surface area contributed by atoms with Crippen LogP contribution in [0.25, 0.3) is 6.08 Å². The quantitative estimate of drug-likeness (QED) is 0.520. The van der Waals surface area contributed by atoms with Crippen LogP contribution in [0.3, 0.4) is 0 Å². The summed E-state index contributed by atoms with van der Waals surface area (Å²) in [4.78, 5) is 12.9. The van der Waals surface area contributed by atoms with Crippen LogP contribution in [0.15, 0.2) is 47.1 Å². The number of halogens is 2. The number of carbonyl (C=O) groups excluding carboxylic acids is 1. The number of terminal acetylenes is 1. The van der Waals surface area contributed by atoms with Gasteiger partial charge in [-0.3, -0.25) is 4.79 Å². The zero-order valence-electron chi connectivity index (χ0n) is 15.2. The van der Waals surface area contributed by atoms with Crippen molar-refractivity contribution in [3.05, 3.63) is 57.6 Å². The van der Waals surface area contributed by atoms with Gasteiger partial charge in [0.2, 0.25) is 0 Å². The summed E-state index contributed by atoms with van der Waals surface area (Å²) in [5.74, 6) is 3.17. The van der Waals surface area contributed by atoms with Gasteiger partial charge >= 0.3 is 0 Å². The SMILES string of the molecule is C#CCOc1ccc(/C=C2/C(=O)N(c3ccc(Cl)cc3Cl)N=C2C)cc1OC. The van der Waals surface area contributed by atoms with Crippen molar-refractivity contribution in [3.63, 3.8) is 0 Å². The maximum Gasteiger partial charge on any atom is 0.280 e. The summed E-state index contributed by atoms with van der Waals surface area (Å²) in [5, 5.41) is 6.43. The fourth-order valence-corrected chi connectivity index (χ4v) is 3.17. The summed E-state index contributed by atoms with van der Waals surface area (Å²) >= 11 is 12.1. The van der Waals surface area contributed by atoms with Gasteiger partial charge in [0.1, 0.15) is 6.61 Å². The van der Waals surface area contributed by atoms with Crippen molar-refractivity contribution in [2.75, 3.05) is 18.7 Å². The third-order valence-electron chi connectivity index (χ3n) is 4.01. The van der Waals surface area contributed by atoms with Crippen molar-refractivity contribution >= 4 is 46.6 Å². The average Bonchev–Trinajstić information content (AvgIpc) is 2.95. The Morgan fingerprint density at radius 2 is 2.00 bits per heavy atom. The van der Waals surface area contributed by atoms with E-state index in [0.717, 1.165) is 5.56 Å². The van der Waals surface area contributed by atoms with Gasteiger partial charge in [-0.25, -0.2) is 0 Å². The van der Waals surface area contributed by atoms with E-state index >= 15 is 0 Å². The number of hydrazone groups is 1. The highest BCUT2D eigenvalue weighted by molar-refractivity contribution is 6.38. The van der Waals surface area contributed by atoms with Crippen LogP contribution in [-0.4, -0.2) is 25.3 Å². The molecule has 0 N–H and O–H groups in total. The van der Waals surface area contributed by atoms with E-state index in [2.05, 4.69) is 11.0 Å². The molecule has 3 rings (SSSR count). The standard InChI is InChI=1S/C21H16Cl2N2O3/c1-4-9-28-19-8-5-14(11-20(19)27-3)10-16-13(2)24-25(21(16)26)18-7-6-15(22)12-17(18)23/h1,5-8,10-12H,9H2,2-3H3/b16-10+. The fourth-order valence-electron chi connectivity index (χ4n) is 2.68. The number of methoxy groups -OCH3 is 1. The molecule has 2 aromatic rings. The van der Waals surface area contributed by atoms with Crippen molar-refractivity contribution in [2.45, 2.75) is 6.92 Å². The number of nitrogens with zero attached hydrogens (tertiary/aromatic N) is 2. The normalized spacial score (nSPS) is 14.8. The smallest absolute Gasteiger partial charge is 0.280 e. The van der Waals surface area contributed by atoms with Gasteiger partial charge in [0.25, 0.3) is 5.91 Å². The second kappa shape index (κ2) is 8.39. The zero-order chi connectivity index (χ0) is 20.3.